The van der Waals surface area contributed by atoms with Gasteiger partial charge < -0.3 is 14.9 Å². The third-order valence-electron chi connectivity index (χ3n) is 2.96. The van der Waals surface area contributed by atoms with Gasteiger partial charge in [-0.25, -0.2) is 4.79 Å². The second-order valence-electron chi connectivity index (χ2n) is 4.56. The standard InChI is InChI=1S/C13H16N2O4/c1-2-3-4-9(13(17)18)14-12(16)11-7-10(15-19-11)8-5-6-8/h2-3,7-9H,4-6H2,1H3,(H,14,16)(H,17,18)/b3-2+. The van der Waals surface area contributed by atoms with Crippen molar-refractivity contribution in [1.29, 1.82) is 0 Å². The molecule has 1 aromatic rings. The van der Waals surface area contributed by atoms with Crippen LogP contribution >= 0.6 is 0 Å². The number of aromatic nitrogens is 1. The molecule has 0 bridgehead atoms. The minimum atomic E-state index is -1.08. The van der Waals surface area contributed by atoms with E-state index >= 15 is 0 Å². The molecular weight excluding hydrogens is 248 g/mol. The molecule has 6 nitrogen and oxygen atoms in total. The summed E-state index contributed by atoms with van der Waals surface area (Å²) in [5.41, 5.74) is 0.769. The quantitative estimate of drug-likeness (QED) is 0.763. The molecule has 6 heteroatoms. The molecule has 1 heterocycles. The van der Waals surface area contributed by atoms with Crippen molar-refractivity contribution in [3.05, 3.63) is 29.7 Å². The Morgan fingerprint density at radius 2 is 2.37 bits per heavy atom. The molecule has 2 N–H and O–H groups in total. The van der Waals surface area contributed by atoms with Gasteiger partial charge in [-0.1, -0.05) is 17.3 Å². The number of allylic oxidation sites excluding steroid dienone is 1. The highest BCUT2D eigenvalue weighted by molar-refractivity contribution is 5.94. The van der Waals surface area contributed by atoms with Gasteiger partial charge in [-0.3, -0.25) is 4.79 Å². The molecule has 1 amide bonds. The molecule has 0 aliphatic heterocycles. The summed E-state index contributed by atoms with van der Waals surface area (Å²) >= 11 is 0. The van der Waals surface area contributed by atoms with Crippen molar-refractivity contribution in [3.8, 4) is 0 Å². The number of nitrogens with zero attached hydrogens (tertiary/aromatic N) is 1. The van der Waals surface area contributed by atoms with Crippen LogP contribution in [-0.2, 0) is 4.79 Å². The van der Waals surface area contributed by atoms with Crippen LogP contribution in [0.3, 0.4) is 0 Å². The summed E-state index contributed by atoms with van der Waals surface area (Å²) in [5, 5.41) is 15.2. The number of nitrogens with one attached hydrogen (secondary N) is 1. The van der Waals surface area contributed by atoms with Crippen molar-refractivity contribution < 1.29 is 19.2 Å². The van der Waals surface area contributed by atoms with Crippen molar-refractivity contribution >= 4 is 11.9 Å². The number of carboxylic acids is 1. The average Bonchev–Trinajstić information content (AvgIpc) is 3.11. The second kappa shape index (κ2) is 5.69. The molecule has 1 aliphatic carbocycles. The van der Waals surface area contributed by atoms with Crippen molar-refractivity contribution in [1.82, 2.24) is 10.5 Å². The van der Waals surface area contributed by atoms with Crippen LogP contribution in [0.5, 0.6) is 0 Å². The van der Waals surface area contributed by atoms with E-state index in [0.29, 0.717) is 5.92 Å². The summed E-state index contributed by atoms with van der Waals surface area (Å²) in [4.78, 5) is 22.8. The Balaban J connectivity index is 1.98. The SMILES string of the molecule is C/C=C/CC(NC(=O)c1cc(C2CC2)no1)C(=O)O. The van der Waals surface area contributed by atoms with E-state index < -0.39 is 17.9 Å². The molecule has 2 rings (SSSR count). The van der Waals surface area contributed by atoms with Crippen molar-refractivity contribution in [2.24, 2.45) is 0 Å². The lowest BCUT2D eigenvalue weighted by Crippen LogP contribution is -2.40. The van der Waals surface area contributed by atoms with Gasteiger partial charge in [0.2, 0.25) is 5.76 Å². The summed E-state index contributed by atoms with van der Waals surface area (Å²) in [6, 6.07) is 0.625. The summed E-state index contributed by atoms with van der Waals surface area (Å²) in [7, 11) is 0. The monoisotopic (exact) mass is 264 g/mol. The van der Waals surface area contributed by atoms with E-state index in [1.165, 1.54) is 0 Å². The molecule has 1 aromatic heterocycles. The van der Waals surface area contributed by atoms with E-state index in [0.717, 1.165) is 18.5 Å². The first kappa shape index (κ1) is 13.3. The maximum absolute atomic E-state index is 11.8. The Bertz CT molecular complexity index is 502. The van der Waals surface area contributed by atoms with Gasteiger partial charge in [0.15, 0.2) is 0 Å². The summed E-state index contributed by atoms with van der Waals surface area (Å²) < 4.78 is 4.94. The topological polar surface area (TPSA) is 92.4 Å². The highest BCUT2D eigenvalue weighted by atomic mass is 16.5. The molecule has 0 saturated heterocycles. The fourth-order valence-electron chi connectivity index (χ4n) is 1.69. The van der Waals surface area contributed by atoms with Crippen LogP contribution < -0.4 is 5.32 Å². The smallest absolute Gasteiger partial charge is 0.326 e. The first-order valence-corrected chi connectivity index (χ1v) is 6.23. The minimum absolute atomic E-state index is 0.0635. The van der Waals surface area contributed by atoms with E-state index in [9.17, 15) is 9.59 Å². The van der Waals surface area contributed by atoms with Gasteiger partial charge in [0.25, 0.3) is 5.91 Å². The zero-order valence-electron chi connectivity index (χ0n) is 10.6. The normalized spacial score (nSPS) is 16.5. The molecule has 0 radical (unpaired) electrons. The van der Waals surface area contributed by atoms with Gasteiger partial charge in [-0.2, -0.15) is 0 Å². The van der Waals surface area contributed by atoms with E-state index in [4.69, 9.17) is 9.63 Å². The Morgan fingerprint density at radius 1 is 1.63 bits per heavy atom. The van der Waals surface area contributed by atoms with Gasteiger partial charge in [0, 0.05) is 12.0 Å². The van der Waals surface area contributed by atoms with Crippen LogP contribution in [0.25, 0.3) is 0 Å². The highest BCUT2D eigenvalue weighted by Crippen LogP contribution is 2.39. The molecule has 1 unspecified atom stereocenters. The molecule has 19 heavy (non-hydrogen) atoms. The number of aliphatic carboxylic acids is 1. The number of amides is 1. The number of hydrogen-bond donors (Lipinski definition) is 2. The molecular formula is C13H16N2O4. The predicted molar refractivity (Wildman–Crippen MR) is 66.8 cm³/mol. The molecule has 0 spiro atoms. The fourth-order valence-corrected chi connectivity index (χ4v) is 1.69. The third-order valence-corrected chi connectivity index (χ3v) is 2.96. The Morgan fingerprint density at radius 3 is 2.95 bits per heavy atom. The van der Waals surface area contributed by atoms with E-state index in [1.54, 1.807) is 25.1 Å². The van der Waals surface area contributed by atoms with Crippen LogP contribution in [0.4, 0.5) is 0 Å². The van der Waals surface area contributed by atoms with Gasteiger partial charge in [0.05, 0.1) is 5.69 Å². The summed E-state index contributed by atoms with van der Waals surface area (Å²) in [6.45, 7) is 1.79. The van der Waals surface area contributed by atoms with Gasteiger partial charge in [-0.05, 0) is 26.2 Å². The van der Waals surface area contributed by atoms with Crippen molar-refractivity contribution in [2.45, 2.75) is 38.1 Å². The predicted octanol–water partition coefficient (Wildman–Crippen LogP) is 1.70. The number of rotatable bonds is 6. The Labute approximate surface area is 110 Å². The van der Waals surface area contributed by atoms with E-state index in [2.05, 4.69) is 10.5 Å². The van der Waals surface area contributed by atoms with Crippen LogP contribution in [0.2, 0.25) is 0 Å². The maximum Gasteiger partial charge on any atom is 0.326 e. The Hall–Kier alpha value is -2.11. The molecule has 1 atom stereocenters. The number of carboxylic acid groups (broad SMARTS) is 1. The van der Waals surface area contributed by atoms with E-state index in [1.807, 2.05) is 0 Å². The van der Waals surface area contributed by atoms with Gasteiger partial charge >= 0.3 is 5.97 Å². The molecule has 102 valence electrons. The van der Waals surface area contributed by atoms with E-state index in [-0.39, 0.29) is 12.2 Å². The molecule has 1 fully saturated rings. The first-order chi connectivity index (χ1) is 9.11. The van der Waals surface area contributed by atoms with Crippen LogP contribution in [0.15, 0.2) is 22.7 Å². The average molecular weight is 264 g/mol. The minimum Gasteiger partial charge on any atom is -0.480 e. The number of hydrogen-bond acceptors (Lipinski definition) is 4. The summed E-state index contributed by atoms with van der Waals surface area (Å²) in [5.74, 6) is -1.16. The maximum atomic E-state index is 11.8. The second-order valence-corrected chi connectivity index (χ2v) is 4.56. The highest BCUT2D eigenvalue weighted by Gasteiger charge is 2.29. The number of carbonyl (C=O) groups excluding carboxylic acids is 1. The molecule has 1 saturated carbocycles. The van der Waals surface area contributed by atoms with Gasteiger partial charge in [0.1, 0.15) is 6.04 Å². The summed E-state index contributed by atoms with van der Waals surface area (Å²) in [6.07, 6.45) is 5.79. The zero-order chi connectivity index (χ0) is 13.8. The lowest BCUT2D eigenvalue weighted by Gasteiger charge is -2.10. The van der Waals surface area contributed by atoms with Crippen LogP contribution in [0, 0.1) is 0 Å². The molecule has 1 aliphatic rings. The van der Waals surface area contributed by atoms with Crippen molar-refractivity contribution in [2.75, 3.05) is 0 Å². The van der Waals surface area contributed by atoms with Gasteiger partial charge in [-0.15, -0.1) is 0 Å². The first-order valence-electron chi connectivity index (χ1n) is 6.23. The number of carbonyl (C=O) groups is 2. The lowest BCUT2D eigenvalue weighted by atomic mass is 10.2. The lowest BCUT2D eigenvalue weighted by molar-refractivity contribution is -0.139. The zero-order valence-corrected chi connectivity index (χ0v) is 10.6. The van der Waals surface area contributed by atoms with Crippen LogP contribution in [-0.4, -0.2) is 28.2 Å². The Kier molecular flexibility index (Phi) is 3.99. The van der Waals surface area contributed by atoms with Crippen molar-refractivity contribution in [3.63, 3.8) is 0 Å². The largest absolute Gasteiger partial charge is 0.480 e. The van der Waals surface area contributed by atoms with Crippen LogP contribution in [0.1, 0.15) is 48.4 Å². The fraction of sp³-hybridized carbons (Fsp3) is 0.462. The third kappa shape index (κ3) is 3.43. The molecule has 0 aromatic carbocycles.